The van der Waals surface area contributed by atoms with Gasteiger partial charge in [0.15, 0.2) is 5.97 Å². The van der Waals surface area contributed by atoms with E-state index < -0.39 is 23.9 Å². The average molecular weight is 220 g/mol. The first-order valence-corrected chi connectivity index (χ1v) is 2.19. The van der Waals surface area contributed by atoms with Crippen LogP contribution in [0.25, 0.3) is 0 Å². The Bertz CT molecular complexity index is 177. The van der Waals surface area contributed by atoms with Crippen LogP contribution in [0.3, 0.4) is 0 Å². The van der Waals surface area contributed by atoms with Crippen LogP contribution in [0, 0.1) is 0 Å². The normalized spacial score (nSPS) is 6.29. The molecule has 0 rings (SSSR count). The van der Waals surface area contributed by atoms with Gasteiger partial charge >= 0.3 is 36.8 Å². The molecule has 0 aliphatic heterocycles. The largest absolute Gasteiger partial charge is 1.00 e. The molecule has 0 aromatic rings. The second-order valence-electron chi connectivity index (χ2n) is 1.20. The first-order chi connectivity index (χ1) is 5.29. The van der Waals surface area contributed by atoms with E-state index in [2.05, 4.69) is 0 Å². The van der Waals surface area contributed by atoms with Crippen LogP contribution in [0.1, 0.15) is 0 Å². The Labute approximate surface area is 92.7 Å². The molecule has 0 fully saturated rings. The minimum atomic E-state index is -2.07. The summed E-state index contributed by atoms with van der Waals surface area (Å²) in [5.41, 5.74) is 0. The van der Waals surface area contributed by atoms with Crippen LogP contribution >= 0.6 is 9.90 Å². The third kappa shape index (κ3) is 22.4. The Hall–Kier alpha value is -1.09. The molecule has 8 nitrogen and oxygen atoms in total. The van der Waals surface area contributed by atoms with Gasteiger partial charge in [0.2, 0.25) is 0 Å². The van der Waals surface area contributed by atoms with Gasteiger partial charge in [0.25, 0.3) is 0 Å². The molecule has 0 aromatic carbocycles. The van der Waals surface area contributed by atoms with Gasteiger partial charge in [0.05, 0.1) is 0 Å². The fraction of sp³-hybridized carbons (Fsp3) is 0. The molecular weight excluding hydrogens is 214 g/mol. The summed E-state index contributed by atoms with van der Waals surface area (Å²) >= 11 is 0. The molecule has 0 aliphatic rings. The van der Waals surface area contributed by atoms with Gasteiger partial charge in [-0.1, -0.05) is 0 Å². The van der Waals surface area contributed by atoms with E-state index in [1.54, 1.807) is 0 Å². The smallest absolute Gasteiger partial charge is 0.539 e. The molecular formula is C4H6LiO8P. The third-order valence-electron chi connectivity index (χ3n) is 0.358. The molecule has 3 N–H and O–H groups in total. The summed E-state index contributed by atoms with van der Waals surface area (Å²) in [6.07, 6.45) is 0. The maximum Gasteiger partial charge on any atom is 1.00 e. The first kappa shape index (κ1) is 23.1. The van der Waals surface area contributed by atoms with E-state index in [1.807, 2.05) is 0 Å². The maximum atomic E-state index is 9.10. The molecule has 0 spiro atoms. The summed E-state index contributed by atoms with van der Waals surface area (Å²) in [7, 11) is 0. The van der Waals surface area contributed by atoms with Crippen molar-refractivity contribution in [2.24, 2.45) is 0 Å². The van der Waals surface area contributed by atoms with Gasteiger partial charge in [-0.25, -0.2) is 14.4 Å². The van der Waals surface area contributed by atoms with E-state index in [9.17, 15) is 0 Å². The number of carboxylic acids is 4. The topological polar surface area (TPSA) is 152 Å². The first-order valence-electron chi connectivity index (χ1n) is 2.19. The standard InChI is InChI=1S/2C2H2O4.Li.H3P/c2*3-1(4)2(5)6;;/h2*(H,3,4)(H,5,6);;1H3/q;;+1;/p-1. The van der Waals surface area contributed by atoms with Gasteiger partial charge in [-0.2, -0.15) is 9.90 Å². The molecule has 1 unspecified atom stereocenters. The van der Waals surface area contributed by atoms with Crippen molar-refractivity contribution in [3.63, 3.8) is 0 Å². The zero-order valence-corrected chi connectivity index (χ0v) is 8.50. The van der Waals surface area contributed by atoms with E-state index in [0.29, 0.717) is 0 Å². The summed E-state index contributed by atoms with van der Waals surface area (Å²) in [6, 6.07) is 0. The van der Waals surface area contributed by atoms with E-state index >= 15 is 0 Å². The summed E-state index contributed by atoms with van der Waals surface area (Å²) in [5, 5.41) is 31.1. The molecule has 0 aliphatic carbocycles. The van der Waals surface area contributed by atoms with Crippen molar-refractivity contribution < 1.29 is 58.5 Å². The Morgan fingerprint density at radius 2 is 0.929 bits per heavy atom. The van der Waals surface area contributed by atoms with Gasteiger partial charge in [-0.3, -0.25) is 0 Å². The molecule has 0 radical (unpaired) electrons. The minimum Gasteiger partial charge on any atom is -0.539 e. The Morgan fingerprint density at radius 3 is 0.929 bits per heavy atom. The zero-order chi connectivity index (χ0) is 10.3. The van der Waals surface area contributed by atoms with Crippen LogP contribution in [0.4, 0.5) is 0 Å². The fourth-order valence-corrected chi connectivity index (χ4v) is 0. The van der Waals surface area contributed by atoms with Crippen LogP contribution in [-0.2, 0) is 19.2 Å². The summed E-state index contributed by atoms with van der Waals surface area (Å²) in [5.74, 6) is -7.66. The summed E-state index contributed by atoms with van der Waals surface area (Å²) in [4.78, 5) is 36.2. The van der Waals surface area contributed by atoms with E-state index in [1.165, 1.54) is 0 Å². The van der Waals surface area contributed by atoms with Gasteiger partial charge < -0.3 is 25.2 Å². The SMILES string of the molecule is O=C(O)C(=O)O.O=C([O-])C(=O)O.P.[Li+]. The maximum absolute atomic E-state index is 9.10. The molecule has 0 heterocycles. The van der Waals surface area contributed by atoms with Crippen molar-refractivity contribution in [3.8, 4) is 0 Å². The molecule has 14 heavy (non-hydrogen) atoms. The molecule has 10 heteroatoms. The van der Waals surface area contributed by atoms with Gasteiger partial charge in [-0.05, 0) is 0 Å². The summed E-state index contributed by atoms with van der Waals surface area (Å²) in [6.45, 7) is 0. The predicted molar refractivity (Wildman–Crippen MR) is 39.0 cm³/mol. The number of hydrogen-bond acceptors (Lipinski definition) is 5. The van der Waals surface area contributed by atoms with E-state index in [0.717, 1.165) is 0 Å². The van der Waals surface area contributed by atoms with Crippen LogP contribution in [0.15, 0.2) is 0 Å². The number of carbonyl (C=O) groups excluding carboxylic acids is 1. The van der Waals surface area contributed by atoms with Gasteiger partial charge in [-0.15, -0.1) is 0 Å². The number of carbonyl (C=O) groups is 4. The number of hydrogen-bond donors (Lipinski definition) is 3. The Morgan fingerprint density at radius 1 is 0.786 bits per heavy atom. The van der Waals surface area contributed by atoms with Crippen molar-refractivity contribution in [3.05, 3.63) is 0 Å². The second-order valence-corrected chi connectivity index (χ2v) is 1.20. The second kappa shape index (κ2) is 11.9. The molecule has 0 aromatic heterocycles. The minimum absolute atomic E-state index is 0. The molecule has 0 saturated heterocycles. The molecule has 76 valence electrons. The van der Waals surface area contributed by atoms with Crippen LogP contribution in [0.5, 0.6) is 0 Å². The zero-order valence-electron chi connectivity index (χ0n) is 7.09. The van der Waals surface area contributed by atoms with E-state index in [-0.39, 0.29) is 28.8 Å². The quantitative estimate of drug-likeness (QED) is 0.207. The monoisotopic (exact) mass is 220 g/mol. The predicted octanol–water partition coefficient (Wildman–Crippen LogP) is -5.96. The van der Waals surface area contributed by atoms with Crippen molar-refractivity contribution in [1.29, 1.82) is 0 Å². The molecule has 0 saturated carbocycles. The van der Waals surface area contributed by atoms with Gasteiger partial charge in [0.1, 0.15) is 0 Å². The molecule has 1 atom stereocenters. The van der Waals surface area contributed by atoms with Gasteiger partial charge in [0, 0.05) is 0 Å². The fourth-order valence-electron chi connectivity index (χ4n) is 0. The number of aliphatic carboxylic acids is 4. The van der Waals surface area contributed by atoms with Crippen LogP contribution < -0.4 is 24.0 Å². The average Bonchev–Trinajstić information content (AvgIpc) is 1.88. The number of rotatable bonds is 0. The van der Waals surface area contributed by atoms with Crippen molar-refractivity contribution in [2.45, 2.75) is 0 Å². The van der Waals surface area contributed by atoms with Crippen LogP contribution in [-0.4, -0.2) is 39.2 Å². The third-order valence-corrected chi connectivity index (χ3v) is 0.358. The summed E-state index contributed by atoms with van der Waals surface area (Å²) < 4.78 is 0. The Balaban J connectivity index is -0.0000000625. The molecule has 0 amide bonds. The van der Waals surface area contributed by atoms with Crippen molar-refractivity contribution >= 4 is 33.8 Å². The number of carboxylic acid groups (broad SMARTS) is 4. The van der Waals surface area contributed by atoms with E-state index in [4.69, 9.17) is 39.6 Å². The Kier molecular flexibility index (Phi) is 19.6. The van der Waals surface area contributed by atoms with Crippen molar-refractivity contribution in [2.75, 3.05) is 0 Å². The van der Waals surface area contributed by atoms with Crippen molar-refractivity contribution in [1.82, 2.24) is 0 Å². The molecule has 0 bridgehead atoms. The van der Waals surface area contributed by atoms with Crippen LogP contribution in [0.2, 0.25) is 0 Å².